The summed E-state index contributed by atoms with van der Waals surface area (Å²) in [6, 6.07) is 9.27. The second kappa shape index (κ2) is 11.3. The van der Waals surface area contributed by atoms with Gasteiger partial charge in [0.05, 0.1) is 13.0 Å². The fourth-order valence-corrected chi connectivity index (χ4v) is 2.73. The molecule has 1 amide bonds. The summed E-state index contributed by atoms with van der Waals surface area (Å²) in [6.45, 7) is 11.5. The van der Waals surface area contributed by atoms with Crippen molar-refractivity contribution in [1.82, 2.24) is 4.90 Å². The molecular formula is C23H33NO4. The largest absolute Gasteiger partial charge is 0.469 e. The summed E-state index contributed by atoms with van der Waals surface area (Å²) in [5, 5.41) is 0. The first-order chi connectivity index (χ1) is 13.2. The Morgan fingerprint density at radius 2 is 1.86 bits per heavy atom. The number of carbonyl (C=O) groups excluding carboxylic acids is 2. The number of amides is 1. The lowest BCUT2D eigenvalue weighted by molar-refractivity contribution is -0.145. The van der Waals surface area contributed by atoms with Gasteiger partial charge in [0.15, 0.2) is 0 Å². The molecule has 2 atom stereocenters. The van der Waals surface area contributed by atoms with E-state index < -0.39 is 29.6 Å². The van der Waals surface area contributed by atoms with Gasteiger partial charge in [-0.15, -0.1) is 6.58 Å². The van der Waals surface area contributed by atoms with Crippen molar-refractivity contribution in [3.05, 3.63) is 54.6 Å². The lowest BCUT2D eigenvalue weighted by atomic mass is 9.98. The van der Waals surface area contributed by atoms with E-state index in [1.165, 1.54) is 7.11 Å². The second-order valence-corrected chi connectivity index (χ2v) is 7.66. The SMILES string of the molecule is C=CCCCN(C(=O)OC(C)(C)C)[C@@H](C)[C@@H](/C=C/c1ccccc1)C(=O)OC. The Hall–Kier alpha value is -2.56. The summed E-state index contributed by atoms with van der Waals surface area (Å²) in [7, 11) is 1.36. The molecule has 0 fully saturated rings. The van der Waals surface area contributed by atoms with E-state index in [9.17, 15) is 9.59 Å². The third-order valence-electron chi connectivity index (χ3n) is 4.22. The number of carbonyl (C=O) groups is 2. The molecule has 0 bridgehead atoms. The number of methoxy groups -OCH3 is 1. The molecule has 1 aromatic carbocycles. The summed E-state index contributed by atoms with van der Waals surface area (Å²) < 4.78 is 10.6. The minimum absolute atomic E-state index is 0.392. The molecule has 0 saturated heterocycles. The topological polar surface area (TPSA) is 55.8 Å². The van der Waals surface area contributed by atoms with Gasteiger partial charge in [-0.3, -0.25) is 4.79 Å². The maximum atomic E-state index is 12.8. The van der Waals surface area contributed by atoms with Crippen LogP contribution in [0.1, 0.15) is 46.1 Å². The van der Waals surface area contributed by atoms with Gasteiger partial charge in [0.1, 0.15) is 5.60 Å². The fourth-order valence-electron chi connectivity index (χ4n) is 2.73. The van der Waals surface area contributed by atoms with Crippen LogP contribution in [0.25, 0.3) is 6.08 Å². The van der Waals surface area contributed by atoms with Gasteiger partial charge in [-0.05, 0) is 46.1 Å². The molecule has 28 heavy (non-hydrogen) atoms. The summed E-state index contributed by atoms with van der Waals surface area (Å²) in [6.07, 6.45) is 6.54. The van der Waals surface area contributed by atoms with E-state index in [2.05, 4.69) is 6.58 Å². The predicted molar refractivity (Wildman–Crippen MR) is 113 cm³/mol. The van der Waals surface area contributed by atoms with Crippen LogP contribution >= 0.6 is 0 Å². The van der Waals surface area contributed by atoms with Crippen molar-refractivity contribution in [2.75, 3.05) is 13.7 Å². The Balaban J connectivity index is 3.10. The van der Waals surface area contributed by atoms with Crippen LogP contribution in [-0.2, 0) is 14.3 Å². The van der Waals surface area contributed by atoms with Crippen LogP contribution in [0.15, 0.2) is 49.1 Å². The van der Waals surface area contributed by atoms with Gasteiger partial charge >= 0.3 is 12.1 Å². The van der Waals surface area contributed by atoms with E-state index in [1.807, 2.05) is 70.2 Å². The molecule has 0 N–H and O–H groups in total. The monoisotopic (exact) mass is 387 g/mol. The van der Waals surface area contributed by atoms with Crippen molar-refractivity contribution in [2.45, 2.75) is 52.2 Å². The summed E-state index contributed by atoms with van der Waals surface area (Å²) in [5.74, 6) is -1.00. The van der Waals surface area contributed by atoms with Crippen LogP contribution in [0.3, 0.4) is 0 Å². The molecule has 0 aliphatic heterocycles. The summed E-state index contributed by atoms with van der Waals surface area (Å²) in [5.41, 5.74) is 0.354. The molecule has 0 aliphatic rings. The molecule has 1 rings (SSSR count). The zero-order chi connectivity index (χ0) is 21.2. The van der Waals surface area contributed by atoms with Crippen LogP contribution < -0.4 is 0 Å². The lowest BCUT2D eigenvalue weighted by Crippen LogP contribution is -2.47. The third-order valence-corrected chi connectivity index (χ3v) is 4.22. The first-order valence-corrected chi connectivity index (χ1v) is 9.61. The second-order valence-electron chi connectivity index (χ2n) is 7.66. The van der Waals surface area contributed by atoms with Gasteiger partial charge in [0.2, 0.25) is 0 Å². The van der Waals surface area contributed by atoms with E-state index >= 15 is 0 Å². The molecule has 0 radical (unpaired) electrons. The van der Waals surface area contributed by atoms with Crippen LogP contribution in [0.4, 0.5) is 4.79 Å². The van der Waals surface area contributed by atoms with Crippen molar-refractivity contribution < 1.29 is 19.1 Å². The number of esters is 1. The molecule has 0 unspecified atom stereocenters. The number of nitrogens with zero attached hydrogens (tertiary/aromatic N) is 1. The molecule has 5 heteroatoms. The van der Waals surface area contributed by atoms with E-state index in [1.54, 1.807) is 11.0 Å². The molecule has 1 aromatic rings. The Morgan fingerprint density at radius 3 is 2.39 bits per heavy atom. The Bertz CT molecular complexity index is 661. The van der Waals surface area contributed by atoms with Crippen molar-refractivity contribution in [1.29, 1.82) is 0 Å². The van der Waals surface area contributed by atoms with Crippen LogP contribution in [-0.4, -0.2) is 42.3 Å². The average Bonchev–Trinajstić information content (AvgIpc) is 2.64. The zero-order valence-electron chi connectivity index (χ0n) is 17.7. The highest BCUT2D eigenvalue weighted by atomic mass is 16.6. The first kappa shape index (κ1) is 23.5. The van der Waals surface area contributed by atoms with Crippen LogP contribution in [0, 0.1) is 5.92 Å². The molecule has 0 saturated carbocycles. The summed E-state index contributed by atoms with van der Waals surface area (Å²) >= 11 is 0. The molecule has 5 nitrogen and oxygen atoms in total. The Kier molecular flexibility index (Phi) is 9.49. The fraction of sp³-hybridized carbons (Fsp3) is 0.478. The van der Waals surface area contributed by atoms with Crippen molar-refractivity contribution in [3.63, 3.8) is 0 Å². The van der Waals surface area contributed by atoms with E-state index in [4.69, 9.17) is 9.47 Å². The number of ether oxygens (including phenoxy) is 2. The molecule has 154 valence electrons. The third kappa shape index (κ3) is 7.99. The zero-order valence-corrected chi connectivity index (χ0v) is 17.7. The van der Waals surface area contributed by atoms with Crippen molar-refractivity contribution in [3.8, 4) is 0 Å². The standard InChI is InChI=1S/C23H33NO4/c1-7-8-12-17-24(22(26)28-23(3,4)5)18(2)20(21(25)27-6)16-15-19-13-10-9-11-14-19/h7,9-11,13-16,18,20H,1,8,12,17H2,2-6H3/b16-15+/t18-,20+/m0/s1. The van der Waals surface area contributed by atoms with Gasteiger partial charge in [-0.25, -0.2) is 4.79 Å². The highest BCUT2D eigenvalue weighted by molar-refractivity contribution is 5.78. The van der Waals surface area contributed by atoms with Crippen molar-refractivity contribution >= 4 is 18.1 Å². The minimum Gasteiger partial charge on any atom is -0.469 e. The van der Waals surface area contributed by atoms with Gasteiger partial charge in [0, 0.05) is 12.6 Å². The van der Waals surface area contributed by atoms with Gasteiger partial charge in [-0.1, -0.05) is 48.6 Å². The number of unbranched alkanes of at least 4 members (excludes halogenated alkanes) is 1. The molecule has 0 heterocycles. The first-order valence-electron chi connectivity index (χ1n) is 9.61. The highest BCUT2D eigenvalue weighted by Crippen LogP contribution is 2.20. The molecule has 0 aromatic heterocycles. The Labute approximate surface area is 169 Å². The van der Waals surface area contributed by atoms with E-state index in [0.717, 1.165) is 18.4 Å². The van der Waals surface area contributed by atoms with Crippen LogP contribution in [0.5, 0.6) is 0 Å². The number of benzene rings is 1. The highest BCUT2D eigenvalue weighted by Gasteiger charge is 2.33. The van der Waals surface area contributed by atoms with E-state index in [-0.39, 0.29) is 0 Å². The smallest absolute Gasteiger partial charge is 0.410 e. The normalized spacial score (nSPS) is 13.6. The van der Waals surface area contributed by atoms with Gasteiger partial charge in [0.25, 0.3) is 0 Å². The van der Waals surface area contributed by atoms with Gasteiger partial charge < -0.3 is 14.4 Å². The van der Waals surface area contributed by atoms with Crippen molar-refractivity contribution in [2.24, 2.45) is 5.92 Å². The average molecular weight is 388 g/mol. The quantitative estimate of drug-likeness (QED) is 0.337. The maximum absolute atomic E-state index is 12.8. The maximum Gasteiger partial charge on any atom is 0.410 e. The summed E-state index contributed by atoms with van der Waals surface area (Å²) in [4.78, 5) is 26.8. The number of hydrogen-bond acceptors (Lipinski definition) is 4. The number of rotatable bonds is 9. The van der Waals surface area contributed by atoms with E-state index in [0.29, 0.717) is 6.54 Å². The molecule has 0 spiro atoms. The number of hydrogen-bond donors (Lipinski definition) is 0. The van der Waals surface area contributed by atoms with Gasteiger partial charge in [-0.2, -0.15) is 0 Å². The predicted octanol–water partition coefficient (Wildman–Crippen LogP) is 5.08. The Morgan fingerprint density at radius 1 is 1.21 bits per heavy atom. The lowest BCUT2D eigenvalue weighted by Gasteiger charge is -2.34. The molecule has 0 aliphatic carbocycles. The minimum atomic E-state index is -0.617. The number of allylic oxidation sites excluding steroid dienone is 1. The van der Waals surface area contributed by atoms with Crippen LogP contribution in [0.2, 0.25) is 0 Å². The molecular weight excluding hydrogens is 354 g/mol.